The Hall–Kier alpha value is -2.71. The lowest BCUT2D eigenvalue weighted by atomic mass is 10.3. The lowest BCUT2D eigenvalue weighted by Gasteiger charge is -2.10. The van der Waals surface area contributed by atoms with Crippen molar-refractivity contribution in [2.45, 2.75) is 32.1 Å². The van der Waals surface area contributed by atoms with Gasteiger partial charge in [-0.15, -0.1) is 10.2 Å². The molecule has 0 saturated carbocycles. The van der Waals surface area contributed by atoms with E-state index in [0.29, 0.717) is 29.9 Å². The summed E-state index contributed by atoms with van der Waals surface area (Å²) in [6.07, 6.45) is 0. The van der Waals surface area contributed by atoms with Crippen LogP contribution >= 0.6 is 23.4 Å². The molecule has 3 rings (SSSR count). The maximum atomic E-state index is 12.3. The van der Waals surface area contributed by atoms with Crippen LogP contribution in [0.15, 0.2) is 53.7 Å². The van der Waals surface area contributed by atoms with Gasteiger partial charge >= 0.3 is 0 Å². The van der Waals surface area contributed by atoms with Crippen LogP contribution in [-0.2, 0) is 17.9 Å². The molecule has 3 aromatic rings. The van der Waals surface area contributed by atoms with Crippen molar-refractivity contribution >= 4 is 40.6 Å². The van der Waals surface area contributed by atoms with Crippen molar-refractivity contribution in [3.05, 3.63) is 59.4 Å². The summed E-state index contributed by atoms with van der Waals surface area (Å²) in [6, 6.07) is 14.9. The normalized spacial score (nSPS) is 10.6. The Morgan fingerprint density at radius 1 is 1.13 bits per heavy atom. The fraction of sp³-hybridized carbons (Fsp3) is 0.286. The summed E-state index contributed by atoms with van der Waals surface area (Å²) in [5.74, 6) is 1.69. The van der Waals surface area contributed by atoms with Crippen molar-refractivity contribution < 1.29 is 9.53 Å². The molecule has 30 heavy (non-hydrogen) atoms. The number of rotatable bonds is 10. The van der Waals surface area contributed by atoms with E-state index in [4.69, 9.17) is 16.3 Å². The van der Waals surface area contributed by atoms with Gasteiger partial charge in [-0.2, -0.15) is 0 Å². The first-order valence-electron chi connectivity index (χ1n) is 9.66. The number of carbonyl (C=O) groups is 1. The number of nitrogens with one attached hydrogen (secondary N) is 2. The third-order valence-electron chi connectivity index (χ3n) is 4.20. The van der Waals surface area contributed by atoms with Crippen LogP contribution in [0.5, 0.6) is 5.75 Å². The predicted octanol–water partition coefficient (Wildman–Crippen LogP) is 4.69. The van der Waals surface area contributed by atoms with Crippen LogP contribution in [0.2, 0.25) is 5.02 Å². The molecule has 9 heteroatoms. The van der Waals surface area contributed by atoms with Crippen molar-refractivity contribution in [2.75, 3.05) is 23.0 Å². The van der Waals surface area contributed by atoms with E-state index in [9.17, 15) is 4.79 Å². The minimum Gasteiger partial charge on any atom is -0.494 e. The lowest BCUT2D eigenvalue weighted by Crippen LogP contribution is -2.15. The summed E-state index contributed by atoms with van der Waals surface area (Å²) in [7, 11) is 0. The second-order valence-electron chi connectivity index (χ2n) is 6.27. The highest BCUT2D eigenvalue weighted by atomic mass is 35.5. The molecule has 7 nitrogen and oxygen atoms in total. The van der Waals surface area contributed by atoms with Crippen molar-refractivity contribution in [2.24, 2.45) is 0 Å². The fourth-order valence-corrected chi connectivity index (χ4v) is 3.81. The van der Waals surface area contributed by atoms with Crippen molar-refractivity contribution in [1.82, 2.24) is 14.8 Å². The Morgan fingerprint density at radius 3 is 2.60 bits per heavy atom. The van der Waals surface area contributed by atoms with Gasteiger partial charge in [-0.05, 0) is 50.2 Å². The fourth-order valence-electron chi connectivity index (χ4n) is 2.78. The van der Waals surface area contributed by atoms with Crippen LogP contribution in [0.1, 0.15) is 19.7 Å². The summed E-state index contributed by atoms with van der Waals surface area (Å²) in [5.41, 5.74) is 1.57. The highest BCUT2D eigenvalue weighted by Gasteiger charge is 2.13. The number of carbonyl (C=O) groups excluding carboxylic acids is 1. The maximum absolute atomic E-state index is 12.3. The molecular formula is C21H24ClN5O2S. The molecule has 0 radical (unpaired) electrons. The number of benzene rings is 2. The molecule has 2 aromatic carbocycles. The molecule has 0 atom stereocenters. The van der Waals surface area contributed by atoms with Gasteiger partial charge < -0.3 is 19.9 Å². The van der Waals surface area contributed by atoms with E-state index in [-0.39, 0.29) is 11.7 Å². The van der Waals surface area contributed by atoms with E-state index < -0.39 is 0 Å². The van der Waals surface area contributed by atoms with E-state index in [1.54, 1.807) is 0 Å². The van der Waals surface area contributed by atoms with Crippen LogP contribution in [0.4, 0.5) is 11.4 Å². The highest BCUT2D eigenvalue weighted by molar-refractivity contribution is 7.99. The molecule has 0 spiro atoms. The van der Waals surface area contributed by atoms with Crippen LogP contribution in [0.25, 0.3) is 0 Å². The molecule has 0 aliphatic carbocycles. The molecule has 0 aliphatic rings. The summed E-state index contributed by atoms with van der Waals surface area (Å²) in [4.78, 5) is 12.3. The summed E-state index contributed by atoms with van der Waals surface area (Å²) in [5, 5.41) is 16.0. The van der Waals surface area contributed by atoms with Gasteiger partial charge in [-0.3, -0.25) is 4.79 Å². The predicted molar refractivity (Wildman–Crippen MR) is 121 cm³/mol. The average Bonchev–Trinajstić information content (AvgIpc) is 3.15. The van der Waals surface area contributed by atoms with Crippen LogP contribution in [0, 0.1) is 0 Å². The second kappa shape index (κ2) is 10.9. The third kappa shape index (κ3) is 5.90. The Bertz CT molecular complexity index is 978. The average molecular weight is 446 g/mol. The molecule has 1 amide bonds. The smallest absolute Gasteiger partial charge is 0.234 e. The van der Waals surface area contributed by atoms with Crippen LogP contribution in [0.3, 0.4) is 0 Å². The first kappa shape index (κ1) is 22.0. The monoisotopic (exact) mass is 445 g/mol. The number of anilines is 2. The number of para-hydroxylation sites is 1. The van der Waals surface area contributed by atoms with Gasteiger partial charge in [0.1, 0.15) is 5.75 Å². The largest absolute Gasteiger partial charge is 0.494 e. The number of halogens is 1. The topological polar surface area (TPSA) is 81.1 Å². The van der Waals surface area contributed by atoms with Gasteiger partial charge in [0, 0.05) is 12.2 Å². The SMILES string of the molecule is CCOc1ccc(NC(=O)CSc2nnc(CNc3ccccc3Cl)n2CC)cc1. The zero-order valence-corrected chi connectivity index (χ0v) is 18.5. The zero-order valence-electron chi connectivity index (χ0n) is 16.9. The molecular weight excluding hydrogens is 422 g/mol. The van der Waals surface area contributed by atoms with E-state index in [2.05, 4.69) is 20.8 Å². The molecule has 1 aromatic heterocycles. The molecule has 158 valence electrons. The lowest BCUT2D eigenvalue weighted by molar-refractivity contribution is -0.113. The Morgan fingerprint density at radius 2 is 1.90 bits per heavy atom. The minimum atomic E-state index is -0.106. The number of thioether (sulfide) groups is 1. The zero-order chi connectivity index (χ0) is 21.3. The number of amides is 1. The molecule has 1 heterocycles. The Kier molecular flexibility index (Phi) is 7.98. The number of aromatic nitrogens is 3. The van der Waals surface area contributed by atoms with Gasteiger partial charge in [-0.25, -0.2) is 0 Å². The second-order valence-corrected chi connectivity index (χ2v) is 7.62. The van der Waals surface area contributed by atoms with Crippen molar-refractivity contribution in [1.29, 1.82) is 0 Å². The first-order chi connectivity index (χ1) is 14.6. The van der Waals surface area contributed by atoms with E-state index in [0.717, 1.165) is 22.9 Å². The molecule has 0 bridgehead atoms. The van der Waals surface area contributed by atoms with Crippen molar-refractivity contribution in [3.8, 4) is 5.75 Å². The molecule has 0 aliphatic heterocycles. The minimum absolute atomic E-state index is 0.106. The van der Waals surface area contributed by atoms with E-state index in [1.165, 1.54) is 11.8 Å². The summed E-state index contributed by atoms with van der Waals surface area (Å²) >= 11 is 7.54. The summed E-state index contributed by atoms with van der Waals surface area (Å²) in [6.45, 7) is 5.75. The number of nitrogens with zero attached hydrogens (tertiary/aromatic N) is 3. The highest BCUT2D eigenvalue weighted by Crippen LogP contribution is 2.22. The number of hydrogen-bond acceptors (Lipinski definition) is 6. The molecule has 0 unspecified atom stereocenters. The van der Waals surface area contributed by atoms with Gasteiger partial charge in [0.15, 0.2) is 11.0 Å². The number of ether oxygens (including phenoxy) is 1. The van der Waals surface area contributed by atoms with Gasteiger partial charge in [0.2, 0.25) is 5.91 Å². The quantitative estimate of drug-likeness (QED) is 0.440. The van der Waals surface area contributed by atoms with E-state index in [1.807, 2.05) is 66.9 Å². The molecule has 0 fully saturated rings. The Labute approximate surface area is 185 Å². The van der Waals surface area contributed by atoms with Gasteiger partial charge in [-0.1, -0.05) is 35.5 Å². The third-order valence-corrected chi connectivity index (χ3v) is 5.50. The van der Waals surface area contributed by atoms with E-state index >= 15 is 0 Å². The van der Waals surface area contributed by atoms with Crippen LogP contribution in [-0.4, -0.2) is 33.0 Å². The number of hydrogen-bond donors (Lipinski definition) is 2. The van der Waals surface area contributed by atoms with Crippen LogP contribution < -0.4 is 15.4 Å². The van der Waals surface area contributed by atoms with Gasteiger partial charge in [0.25, 0.3) is 0 Å². The standard InChI is InChI=1S/C21H24ClN5O2S/c1-3-27-19(13-23-18-8-6-5-7-17(18)22)25-26-21(27)30-14-20(28)24-15-9-11-16(12-10-15)29-4-2/h5-12,23H,3-4,13-14H2,1-2H3,(H,24,28). The Balaban J connectivity index is 1.55. The summed E-state index contributed by atoms with van der Waals surface area (Å²) < 4.78 is 7.39. The first-order valence-corrected chi connectivity index (χ1v) is 11.0. The maximum Gasteiger partial charge on any atom is 0.234 e. The van der Waals surface area contributed by atoms with Gasteiger partial charge in [0.05, 0.1) is 29.6 Å². The molecule has 2 N–H and O–H groups in total. The molecule has 0 saturated heterocycles. The van der Waals surface area contributed by atoms with Crippen molar-refractivity contribution in [3.63, 3.8) is 0 Å².